The first-order valence-electron chi connectivity index (χ1n) is 11.3. The van der Waals surface area contributed by atoms with Crippen LogP contribution in [0.25, 0.3) is 0 Å². The first kappa shape index (κ1) is 19.2. The number of rotatable bonds is 3. The molecular weight excluding hydrogens is 366 g/mol. The Bertz CT molecular complexity index is 769. The first-order valence-corrected chi connectivity index (χ1v) is 11.3. The van der Waals surface area contributed by atoms with Crippen LogP contribution in [0.2, 0.25) is 0 Å². The molecule has 4 aliphatic rings. The molecule has 29 heavy (non-hydrogen) atoms. The van der Waals surface area contributed by atoms with E-state index in [0.717, 1.165) is 50.8 Å². The predicted octanol–water partition coefficient (Wildman–Crippen LogP) is 2.47. The minimum absolute atomic E-state index is 0.204. The van der Waals surface area contributed by atoms with Gasteiger partial charge in [0.25, 0.3) is 0 Å². The SMILES string of the molecule is CC1c2cc3c(cc2C2(CCCC2)CN1CCC(=O)N1CCNCC1)OCCO3. The molecule has 1 amide bonds. The molecule has 5 rings (SSSR count). The number of ether oxygens (including phenoxy) is 2. The number of piperazine rings is 1. The van der Waals surface area contributed by atoms with Gasteiger partial charge in [0, 0.05) is 57.1 Å². The Labute approximate surface area is 173 Å². The molecule has 1 N–H and O–H groups in total. The molecule has 0 radical (unpaired) electrons. The van der Waals surface area contributed by atoms with E-state index >= 15 is 0 Å². The molecule has 158 valence electrons. The molecule has 1 aromatic carbocycles. The zero-order valence-electron chi connectivity index (χ0n) is 17.5. The van der Waals surface area contributed by atoms with Gasteiger partial charge >= 0.3 is 0 Å². The summed E-state index contributed by atoms with van der Waals surface area (Å²) >= 11 is 0. The third-order valence-corrected chi connectivity index (χ3v) is 7.43. The molecule has 1 atom stereocenters. The molecule has 3 aliphatic heterocycles. The standard InChI is InChI=1S/C23H33N3O3/c1-17-18-14-20-21(29-13-12-28-20)15-19(18)23(5-2-3-6-23)16-26(17)9-4-22(27)25-10-7-24-8-11-25/h14-15,17,24H,2-13,16H2,1H3. The Morgan fingerprint density at radius 3 is 2.55 bits per heavy atom. The molecule has 1 unspecified atom stereocenters. The van der Waals surface area contributed by atoms with Gasteiger partial charge in [0.15, 0.2) is 11.5 Å². The molecule has 1 aromatic rings. The number of benzene rings is 1. The summed E-state index contributed by atoms with van der Waals surface area (Å²) in [6.45, 7) is 8.92. The summed E-state index contributed by atoms with van der Waals surface area (Å²) in [7, 11) is 0. The summed E-state index contributed by atoms with van der Waals surface area (Å²) in [5, 5.41) is 3.32. The number of fused-ring (bicyclic) bond motifs is 3. The fourth-order valence-electron chi connectivity index (χ4n) is 5.78. The van der Waals surface area contributed by atoms with E-state index in [-0.39, 0.29) is 5.41 Å². The van der Waals surface area contributed by atoms with Gasteiger partial charge in [0.2, 0.25) is 5.91 Å². The van der Waals surface area contributed by atoms with Gasteiger partial charge < -0.3 is 19.7 Å². The van der Waals surface area contributed by atoms with Crippen molar-refractivity contribution in [3.05, 3.63) is 23.3 Å². The summed E-state index contributed by atoms with van der Waals surface area (Å²) in [4.78, 5) is 17.3. The Kier molecular flexibility index (Phi) is 5.16. The topological polar surface area (TPSA) is 54.0 Å². The van der Waals surface area contributed by atoms with Crippen LogP contribution >= 0.6 is 0 Å². The van der Waals surface area contributed by atoms with Gasteiger partial charge in [0.05, 0.1) is 0 Å². The normalized spacial score (nSPS) is 25.8. The zero-order chi connectivity index (χ0) is 19.8. The fraction of sp³-hybridized carbons (Fsp3) is 0.696. The molecule has 1 saturated carbocycles. The summed E-state index contributed by atoms with van der Waals surface area (Å²) < 4.78 is 11.8. The van der Waals surface area contributed by atoms with Crippen molar-refractivity contribution in [2.24, 2.45) is 0 Å². The zero-order valence-corrected chi connectivity index (χ0v) is 17.5. The van der Waals surface area contributed by atoms with Crippen LogP contribution in [0.5, 0.6) is 11.5 Å². The minimum atomic E-state index is 0.204. The molecule has 0 aromatic heterocycles. The number of amides is 1. The van der Waals surface area contributed by atoms with E-state index in [9.17, 15) is 4.79 Å². The number of carbonyl (C=O) groups excluding carboxylic acids is 1. The van der Waals surface area contributed by atoms with Crippen LogP contribution in [0.1, 0.15) is 56.2 Å². The highest BCUT2D eigenvalue weighted by atomic mass is 16.6. The third kappa shape index (κ3) is 3.50. The maximum absolute atomic E-state index is 12.7. The van der Waals surface area contributed by atoms with Crippen LogP contribution in [0.3, 0.4) is 0 Å². The van der Waals surface area contributed by atoms with Gasteiger partial charge in [-0.25, -0.2) is 0 Å². The Morgan fingerprint density at radius 2 is 1.83 bits per heavy atom. The number of hydrogen-bond donors (Lipinski definition) is 1. The molecule has 1 aliphatic carbocycles. The first-order chi connectivity index (χ1) is 14.2. The second-order valence-corrected chi connectivity index (χ2v) is 9.10. The molecule has 6 nitrogen and oxygen atoms in total. The molecule has 0 bridgehead atoms. The lowest BCUT2D eigenvalue weighted by Crippen LogP contribution is -2.49. The lowest BCUT2D eigenvalue weighted by molar-refractivity contribution is -0.132. The molecule has 1 spiro atoms. The van der Waals surface area contributed by atoms with E-state index in [1.807, 2.05) is 4.90 Å². The third-order valence-electron chi connectivity index (χ3n) is 7.43. The molecular formula is C23H33N3O3. The van der Waals surface area contributed by atoms with E-state index in [2.05, 4.69) is 29.3 Å². The van der Waals surface area contributed by atoms with E-state index in [4.69, 9.17) is 9.47 Å². The predicted molar refractivity (Wildman–Crippen MR) is 112 cm³/mol. The van der Waals surface area contributed by atoms with Crippen molar-refractivity contribution in [2.45, 2.75) is 50.5 Å². The second kappa shape index (κ2) is 7.80. The average molecular weight is 400 g/mol. The number of carbonyl (C=O) groups is 1. The van der Waals surface area contributed by atoms with Gasteiger partial charge in [-0.2, -0.15) is 0 Å². The average Bonchev–Trinajstić information content (AvgIpc) is 3.24. The maximum atomic E-state index is 12.7. The lowest BCUT2D eigenvalue weighted by Gasteiger charge is -2.46. The Hall–Kier alpha value is -1.79. The second-order valence-electron chi connectivity index (χ2n) is 9.10. The van der Waals surface area contributed by atoms with Gasteiger partial charge in [-0.3, -0.25) is 9.69 Å². The molecule has 3 heterocycles. The van der Waals surface area contributed by atoms with E-state index in [1.54, 1.807) is 0 Å². The maximum Gasteiger partial charge on any atom is 0.223 e. The van der Waals surface area contributed by atoms with Crippen LogP contribution < -0.4 is 14.8 Å². The van der Waals surface area contributed by atoms with Crippen molar-refractivity contribution >= 4 is 5.91 Å². The molecule has 6 heteroatoms. The van der Waals surface area contributed by atoms with E-state index < -0.39 is 0 Å². The molecule has 1 saturated heterocycles. The van der Waals surface area contributed by atoms with Crippen LogP contribution in [0, 0.1) is 0 Å². The monoisotopic (exact) mass is 399 g/mol. The van der Waals surface area contributed by atoms with Crippen LogP contribution in [-0.4, -0.2) is 68.2 Å². The van der Waals surface area contributed by atoms with E-state index in [0.29, 0.717) is 31.6 Å². The van der Waals surface area contributed by atoms with E-state index in [1.165, 1.54) is 36.8 Å². The minimum Gasteiger partial charge on any atom is -0.486 e. The van der Waals surface area contributed by atoms with Crippen molar-refractivity contribution in [3.63, 3.8) is 0 Å². The van der Waals surface area contributed by atoms with Gasteiger partial charge in [-0.05, 0) is 43.0 Å². The van der Waals surface area contributed by atoms with Crippen LogP contribution in [0.4, 0.5) is 0 Å². The quantitative estimate of drug-likeness (QED) is 0.846. The highest BCUT2D eigenvalue weighted by Gasteiger charge is 2.45. The van der Waals surface area contributed by atoms with Gasteiger partial charge in [-0.15, -0.1) is 0 Å². The Balaban J connectivity index is 1.38. The Morgan fingerprint density at radius 1 is 1.14 bits per heavy atom. The number of hydrogen-bond acceptors (Lipinski definition) is 5. The fourth-order valence-corrected chi connectivity index (χ4v) is 5.78. The number of nitrogens with one attached hydrogen (secondary N) is 1. The van der Waals surface area contributed by atoms with Gasteiger partial charge in [0.1, 0.15) is 13.2 Å². The van der Waals surface area contributed by atoms with Crippen molar-refractivity contribution in [3.8, 4) is 11.5 Å². The van der Waals surface area contributed by atoms with Crippen molar-refractivity contribution in [1.29, 1.82) is 0 Å². The molecule has 2 fully saturated rings. The van der Waals surface area contributed by atoms with Gasteiger partial charge in [-0.1, -0.05) is 12.8 Å². The summed E-state index contributed by atoms with van der Waals surface area (Å²) in [5.74, 6) is 2.09. The van der Waals surface area contributed by atoms with Crippen LogP contribution in [0.15, 0.2) is 12.1 Å². The van der Waals surface area contributed by atoms with Crippen LogP contribution in [-0.2, 0) is 10.2 Å². The highest BCUT2D eigenvalue weighted by Crippen LogP contribution is 2.51. The number of nitrogens with zero attached hydrogens (tertiary/aromatic N) is 2. The van der Waals surface area contributed by atoms with Crippen molar-refractivity contribution in [1.82, 2.24) is 15.1 Å². The highest BCUT2D eigenvalue weighted by molar-refractivity contribution is 5.76. The lowest BCUT2D eigenvalue weighted by atomic mass is 9.71. The summed E-state index contributed by atoms with van der Waals surface area (Å²) in [5.41, 5.74) is 3.05. The summed E-state index contributed by atoms with van der Waals surface area (Å²) in [6.07, 6.45) is 5.65. The van der Waals surface area contributed by atoms with Crippen molar-refractivity contribution in [2.75, 3.05) is 52.5 Å². The van der Waals surface area contributed by atoms with Crippen molar-refractivity contribution < 1.29 is 14.3 Å². The largest absolute Gasteiger partial charge is 0.486 e. The smallest absolute Gasteiger partial charge is 0.223 e. The summed E-state index contributed by atoms with van der Waals surface area (Å²) in [6, 6.07) is 4.79.